The van der Waals surface area contributed by atoms with E-state index in [1.54, 1.807) is 0 Å². The summed E-state index contributed by atoms with van der Waals surface area (Å²) in [6.07, 6.45) is -1.45. The Balaban J connectivity index is 2.00. The Morgan fingerprint density at radius 1 is 0.447 bits per heavy atom. The number of hydrogen-bond donors (Lipinski definition) is 0. The summed E-state index contributed by atoms with van der Waals surface area (Å²) in [6, 6.07) is 35.9. The second kappa shape index (κ2) is 12.3. The molecule has 0 aliphatic carbocycles. The second-order valence-corrected chi connectivity index (χ2v) is 12.6. The molecule has 0 atom stereocenters. The van der Waals surface area contributed by atoms with Gasteiger partial charge in [0, 0.05) is 25.0 Å². The topological polar surface area (TPSA) is 27.7 Å². The molecule has 198 valence electrons. The Morgan fingerprint density at radius 3 is 0.974 bits per heavy atom. The van der Waals surface area contributed by atoms with Gasteiger partial charge in [0.05, 0.1) is 0 Å². The molecule has 0 bridgehead atoms. The fraction of sp³-hybridized carbons (Fsp3) is 0.273. The maximum Gasteiger partial charge on any atom is 0.537 e. The van der Waals surface area contributed by atoms with Gasteiger partial charge >= 0.3 is 8.80 Å². The SMILES string of the molecule is CCO[Si](OCC)(OCC)c1ccc([B-](c2ccc(C)cc2)(c2ccc(C)cc2)c2ccc(C)cc2)cc1. The molecule has 0 heterocycles. The smallest absolute Gasteiger partial charge is 0.370 e. The van der Waals surface area contributed by atoms with Crippen molar-refractivity contribution in [1.82, 2.24) is 0 Å². The maximum atomic E-state index is 6.21. The van der Waals surface area contributed by atoms with E-state index in [1.165, 1.54) is 38.5 Å². The first kappa shape index (κ1) is 28.1. The van der Waals surface area contributed by atoms with Crippen LogP contribution in [0.15, 0.2) is 97.1 Å². The van der Waals surface area contributed by atoms with Crippen LogP contribution in [-0.2, 0) is 13.3 Å². The first-order valence-electron chi connectivity index (χ1n) is 13.8. The van der Waals surface area contributed by atoms with E-state index < -0.39 is 15.0 Å². The van der Waals surface area contributed by atoms with Crippen LogP contribution >= 0.6 is 0 Å². The molecule has 3 nitrogen and oxygen atoms in total. The van der Waals surface area contributed by atoms with Gasteiger partial charge in [-0.2, -0.15) is 21.9 Å². The van der Waals surface area contributed by atoms with Gasteiger partial charge in [0.25, 0.3) is 0 Å². The zero-order valence-corrected chi connectivity index (χ0v) is 24.7. The summed E-state index contributed by atoms with van der Waals surface area (Å²) in [5.74, 6) is 0. The molecule has 0 aromatic heterocycles. The Hall–Kier alpha value is -2.96. The largest absolute Gasteiger partial charge is 0.537 e. The summed E-state index contributed by atoms with van der Waals surface area (Å²) in [5.41, 5.74) is 8.88. The minimum Gasteiger partial charge on any atom is -0.370 e. The Morgan fingerprint density at radius 2 is 0.711 bits per heavy atom. The Labute approximate surface area is 230 Å². The third-order valence-corrected chi connectivity index (χ3v) is 10.5. The van der Waals surface area contributed by atoms with Gasteiger partial charge in [-0.3, -0.25) is 0 Å². The van der Waals surface area contributed by atoms with Crippen molar-refractivity contribution in [3.05, 3.63) is 114 Å². The lowest BCUT2D eigenvalue weighted by atomic mass is 9.13. The van der Waals surface area contributed by atoms with E-state index in [-0.39, 0.29) is 0 Å². The fourth-order valence-electron chi connectivity index (χ4n) is 5.64. The van der Waals surface area contributed by atoms with E-state index in [2.05, 4.69) is 118 Å². The average molecular weight is 524 g/mol. The summed E-state index contributed by atoms with van der Waals surface area (Å²) in [4.78, 5) is 0. The Bertz CT molecular complexity index is 1170. The molecule has 0 N–H and O–H groups in total. The van der Waals surface area contributed by atoms with Crippen LogP contribution in [0.25, 0.3) is 0 Å². The first-order chi connectivity index (χ1) is 18.4. The van der Waals surface area contributed by atoms with Gasteiger partial charge in [-0.1, -0.05) is 114 Å². The average Bonchev–Trinajstić information content (AvgIpc) is 2.92. The minimum absolute atomic E-state index is 0.540. The molecule has 0 fully saturated rings. The van der Waals surface area contributed by atoms with Gasteiger partial charge in [-0.05, 0) is 41.5 Å². The standard InChI is InChI=1S/C33H40BO3Si/c1-7-35-38(36-8-2,37-9-3)33-24-22-32(23-25-33)34(29-16-10-26(4)11-17-29,30-18-12-27(5)13-19-30)31-20-14-28(6)15-21-31/h10-25H,7-9H2,1-6H3/q-1. The minimum atomic E-state index is -3.01. The highest BCUT2D eigenvalue weighted by molar-refractivity contribution is 7.19. The van der Waals surface area contributed by atoms with E-state index >= 15 is 0 Å². The zero-order chi connectivity index (χ0) is 27.2. The molecule has 4 rings (SSSR count). The third-order valence-electron chi connectivity index (χ3n) is 7.50. The van der Waals surface area contributed by atoms with Crippen molar-refractivity contribution in [3.63, 3.8) is 0 Å². The summed E-state index contributed by atoms with van der Waals surface area (Å²) in [7, 11) is -3.01. The molecule has 38 heavy (non-hydrogen) atoms. The molecule has 0 spiro atoms. The maximum absolute atomic E-state index is 6.21. The number of rotatable bonds is 11. The molecule has 0 radical (unpaired) electrons. The first-order valence-corrected chi connectivity index (χ1v) is 15.5. The monoisotopic (exact) mass is 523 g/mol. The van der Waals surface area contributed by atoms with E-state index in [1.807, 2.05) is 20.8 Å². The molecule has 0 saturated heterocycles. The van der Waals surface area contributed by atoms with Crippen molar-refractivity contribution in [3.8, 4) is 0 Å². The van der Waals surface area contributed by atoms with E-state index in [4.69, 9.17) is 13.3 Å². The normalized spacial score (nSPS) is 12.1. The molecular weight excluding hydrogens is 483 g/mol. The number of aryl methyl sites for hydroxylation is 3. The lowest BCUT2D eigenvalue weighted by Gasteiger charge is -2.44. The molecular formula is C33H40BO3Si-. The molecule has 4 aromatic carbocycles. The van der Waals surface area contributed by atoms with Crippen molar-refractivity contribution < 1.29 is 13.3 Å². The number of benzene rings is 4. The summed E-state index contributed by atoms with van der Waals surface area (Å²) in [5, 5.41) is 0.994. The fourth-order valence-corrected chi connectivity index (χ4v) is 8.11. The van der Waals surface area contributed by atoms with Gasteiger partial charge in [0.1, 0.15) is 6.15 Å². The van der Waals surface area contributed by atoms with E-state index in [0.717, 1.165) is 5.19 Å². The van der Waals surface area contributed by atoms with Crippen molar-refractivity contribution in [1.29, 1.82) is 0 Å². The van der Waals surface area contributed by atoms with Crippen molar-refractivity contribution in [2.24, 2.45) is 0 Å². The van der Waals surface area contributed by atoms with Crippen LogP contribution in [0, 0.1) is 20.8 Å². The predicted octanol–water partition coefficient (Wildman–Crippen LogP) is 4.24. The van der Waals surface area contributed by atoms with Gasteiger partial charge in [0.2, 0.25) is 0 Å². The summed E-state index contributed by atoms with van der Waals surface area (Å²) in [6.45, 7) is 14.0. The van der Waals surface area contributed by atoms with Gasteiger partial charge < -0.3 is 13.3 Å². The highest BCUT2D eigenvalue weighted by Gasteiger charge is 2.43. The quantitative estimate of drug-likeness (QED) is 0.275. The van der Waals surface area contributed by atoms with Crippen molar-refractivity contribution >= 4 is 42.0 Å². The van der Waals surface area contributed by atoms with Crippen LogP contribution in [0.3, 0.4) is 0 Å². The van der Waals surface area contributed by atoms with E-state index in [0.29, 0.717) is 19.8 Å². The lowest BCUT2D eigenvalue weighted by Crippen LogP contribution is -2.75. The van der Waals surface area contributed by atoms with E-state index in [9.17, 15) is 0 Å². The van der Waals surface area contributed by atoms with Gasteiger partial charge in [-0.25, -0.2) is 0 Å². The zero-order valence-electron chi connectivity index (χ0n) is 23.7. The molecule has 4 aromatic rings. The Kier molecular flexibility index (Phi) is 9.06. The molecule has 0 saturated carbocycles. The lowest BCUT2D eigenvalue weighted by molar-refractivity contribution is 0.0859. The summed E-state index contributed by atoms with van der Waals surface area (Å²) >= 11 is 0. The van der Waals surface area contributed by atoms with Crippen LogP contribution in [-0.4, -0.2) is 34.8 Å². The molecule has 0 aliphatic rings. The van der Waals surface area contributed by atoms with Gasteiger partial charge in [0.15, 0.2) is 0 Å². The van der Waals surface area contributed by atoms with Crippen molar-refractivity contribution in [2.75, 3.05) is 19.8 Å². The van der Waals surface area contributed by atoms with Crippen molar-refractivity contribution in [2.45, 2.75) is 41.5 Å². The second-order valence-electron chi connectivity index (χ2n) is 10.1. The highest BCUT2D eigenvalue weighted by atomic mass is 28.4. The highest BCUT2D eigenvalue weighted by Crippen LogP contribution is 2.14. The molecule has 5 heteroatoms. The van der Waals surface area contributed by atoms with Crippen LogP contribution in [0.2, 0.25) is 0 Å². The third kappa shape index (κ3) is 5.43. The molecule has 0 aliphatic heterocycles. The van der Waals surface area contributed by atoms with Crippen LogP contribution < -0.4 is 27.0 Å². The molecule has 0 amide bonds. The van der Waals surface area contributed by atoms with Crippen LogP contribution in [0.4, 0.5) is 0 Å². The number of hydrogen-bond acceptors (Lipinski definition) is 3. The predicted molar refractivity (Wildman–Crippen MR) is 165 cm³/mol. The summed E-state index contributed by atoms with van der Waals surface area (Å²) < 4.78 is 18.6. The van der Waals surface area contributed by atoms with Crippen LogP contribution in [0.1, 0.15) is 37.5 Å². The van der Waals surface area contributed by atoms with Crippen LogP contribution in [0.5, 0.6) is 0 Å². The molecule has 0 unspecified atom stereocenters. The van der Waals surface area contributed by atoms with Gasteiger partial charge in [-0.15, -0.1) is 0 Å².